The van der Waals surface area contributed by atoms with Crippen LogP contribution in [0.5, 0.6) is 5.75 Å². The van der Waals surface area contributed by atoms with Crippen LogP contribution in [-0.4, -0.2) is 96.9 Å². The molecular formula is C39H57N5O10S. The number of fused-ring (bicyclic) bond motifs is 4. The van der Waals surface area contributed by atoms with Gasteiger partial charge in [-0.1, -0.05) is 66.9 Å². The van der Waals surface area contributed by atoms with Crippen LogP contribution >= 0.6 is 0 Å². The number of hydrogen-bond acceptors (Lipinski definition) is 10. The van der Waals surface area contributed by atoms with E-state index >= 15 is 0 Å². The summed E-state index contributed by atoms with van der Waals surface area (Å²) in [5.74, 6) is -1.66. The Morgan fingerprint density at radius 1 is 1.02 bits per heavy atom. The number of amides is 5. The number of hydrogen-bond donors (Lipinski definition) is 3. The largest absolute Gasteiger partial charge is 0.494 e. The van der Waals surface area contributed by atoms with E-state index < -0.39 is 74.3 Å². The Morgan fingerprint density at radius 2 is 1.75 bits per heavy atom. The lowest BCUT2D eigenvalue weighted by molar-refractivity contribution is -0.143. The van der Waals surface area contributed by atoms with E-state index in [4.69, 9.17) is 14.2 Å². The van der Waals surface area contributed by atoms with Crippen LogP contribution in [0.3, 0.4) is 0 Å². The highest BCUT2D eigenvalue weighted by Crippen LogP contribution is 2.47. The maximum absolute atomic E-state index is 14.6. The van der Waals surface area contributed by atoms with Gasteiger partial charge in [0.15, 0.2) is 0 Å². The first-order valence-corrected chi connectivity index (χ1v) is 21.2. The minimum atomic E-state index is -3.89. The molecule has 5 aliphatic rings. The topological polar surface area (TPSA) is 190 Å². The molecule has 5 amide bonds. The smallest absolute Gasteiger partial charge is 0.410 e. The van der Waals surface area contributed by atoms with Gasteiger partial charge >= 0.3 is 12.2 Å². The summed E-state index contributed by atoms with van der Waals surface area (Å²) < 4.78 is 45.3. The predicted molar refractivity (Wildman–Crippen MR) is 201 cm³/mol. The predicted octanol–water partition coefficient (Wildman–Crippen LogP) is 4.12. The van der Waals surface area contributed by atoms with Gasteiger partial charge in [-0.25, -0.2) is 18.0 Å². The maximum Gasteiger partial charge on any atom is 0.410 e. The fraction of sp³-hybridized carbons (Fsp3) is 0.718. The van der Waals surface area contributed by atoms with E-state index in [-0.39, 0.29) is 37.3 Å². The van der Waals surface area contributed by atoms with Gasteiger partial charge in [0.2, 0.25) is 21.8 Å². The molecule has 0 aromatic heterocycles. The summed E-state index contributed by atoms with van der Waals surface area (Å²) in [4.78, 5) is 72.1. The Hall–Kier alpha value is -4.08. The molecule has 3 N–H and O–H groups in total. The second-order valence-corrected chi connectivity index (χ2v) is 19.8. The van der Waals surface area contributed by atoms with Crippen LogP contribution in [0, 0.1) is 16.7 Å². The molecule has 2 saturated carbocycles. The Morgan fingerprint density at radius 3 is 2.42 bits per heavy atom. The van der Waals surface area contributed by atoms with Gasteiger partial charge in [0, 0.05) is 19.5 Å². The van der Waals surface area contributed by atoms with Gasteiger partial charge in [0.25, 0.3) is 5.91 Å². The molecule has 16 heteroatoms. The second-order valence-electron chi connectivity index (χ2n) is 17.8. The van der Waals surface area contributed by atoms with Gasteiger partial charge in [-0.05, 0) is 72.1 Å². The zero-order valence-corrected chi connectivity index (χ0v) is 33.7. The molecule has 6 rings (SSSR count). The van der Waals surface area contributed by atoms with Gasteiger partial charge in [-0.3, -0.25) is 24.0 Å². The third kappa shape index (κ3) is 9.32. The normalized spacial score (nSPS) is 29.1. The number of sulfonamides is 1. The maximum atomic E-state index is 14.6. The zero-order chi connectivity index (χ0) is 39.9. The Kier molecular flexibility index (Phi) is 11.4. The summed E-state index contributed by atoms with van der Waals surface area (Å²) in [7, 11) is -3.89. The number of alkyl carbamates (subject to hydrolysis) is 1. The first kappa shape index (κ1) is 40.6. The fourth-order valence-electron chi connectivity index (χ4n) is 7.86. The van der Waals surface area contributed by atoms with Gasteiger partial charge in [0.1, 0.15) is 29.5 Å². The molecule has 5 bridgehead atoms. The molecule has 2 aliphatic carbocycles. The van der Waals surface area contributed by atoms with E-state index in [1.807, 2.05) is 39.0 Å². The molecular weight excluding hydrogens is 731 g/mol. The van der Waals surface area contributed by atoms with Crippen molar-refractivity contribution in [2.45, 2.75) is 141 Å². The first-order chi connectivity index (χ1) is 25.8. The summed E-state index contributed by atoms with van der Waals surface area (Å²) in [6, 6.07) is 3.44. The highest BCUT2D eigenvalue weighted by Gasteiger charge is 2.62. The fourth-order valence-corrected chi connectivity index (χ4v) is 9.22. The van der Waals surface area contributed by atoms with Gasteiger partial charge < -0.3 is 29.7 Å². The number of ether oxygens (including phenoxy) is 3. The minimum absolute atomic E-state index is 0.0769. The van der Waals surface area contributed by atoms with Crippen molar-refractivity contribution >= 4 is 39.9 Å². The van der Waals surface area contributed by atoms with Crippen molar-refractivity contribution in [3.05, 3.63) is 29.3 Å². The highest BCUT2D eigenvalue weighted by atomic mass is 32.2. The number of nitrogens with zero attached hydrogens (tertiary/aromatic N) is 2. The monoisotopic (exact) mass is 787 g/mol. The van der Waals surface area contributed by atoms with Crippen LogP contribution in [-0.2, 0) is 47.0 Å². The number of nitrogens with one attached hydrogen (secondary N) is 3. The molecule has 1 aromatic rings. The van der Waals surface area contributed by atoms with Crippen molar-refractivity contribution in [2.24, 2.45) is 16.7 Å². The minimum Gasteiger partial charge on any atom is -0.494 e. The molecule has 5 atom stereocenters. The SMILES string of the molecule is CC[C@H]1C[C@@]1(NC(=O)C1C[C@@H]2CN1C(=O)[C@H](C(C)(C)C)NC(=O)OCC(C)(C)CCCCCOc1ccc3c(c1)CN(C3)C(=O)O2)C(=O)NS(=O)(=O)C1CC1. The molecule has 55 heavy (non-hydrogen) atoms. The third-order valence-electron chi connectivity index (χ3n) is 11.6. The van der Waals surface area contributed by atoms with Crippen molar-refractivity contribution in [3.63, 3.8) is 0 Å². The quantitative estimate of drug-likeness (QED) is 0.378. The number of cyclic esters (lactones) is 1. The number of carbonyl (C=O) groups is 5. The molecule has 3 heterocycles. The van der Waals surface area contributed by atoms with Gasteiger partial charge in [0.05, 0.1) is 25.0 Å². The summed E-state index contributed by atoms with van der Waals surface area (Å²) in [6.45, 7) is 12.4. The molecule has 0 spiro atoms. The third-order valence-corrected chi connectivity index (χ3v) is 13.4. The van der Waals surface area contributed by atoms with Crippen molar-refractivity contribution < 1.29 is 46.6 Å². The lowest BCUT2D eigenvalue weighted by Crippen LogP contribution is -2.60. The molecule has 1 aromatic carbocycles. The molecule has 15 nitrogen and oxygen atoms in total. The Bertz CT molecular complexity index is 1790. The lowest BCUT2D eigenvalue weighted by Gasteiger charge is -2.35. The van der Waals surface area contributed by atoms with E-state index in [2.05, 4.69) is 15.4 Å². The molecule has 1 saturated heterocycles. The molecule has 0 radical (unpaired) electrons. The highest BCUT2D eigenvalue weighted by molar-refractivity contribution is 7.91. The van der Waals surface area contributed by atoms with E-state index in [0.717, 1.165) is 42.6 Å². The van der Waals surface area contributed by atoms with Gasteiger partial charge in [-0.2, -0.15) is 0 Å². The average molecular weight is 788 g/mol. The molecule has 3 fully saturated rings. The van der Waals surface area contributed by atoms with Crippen molar-refractivity contribution in [1.29, 1.82) is 0 Å². The zero-order valence-electron chi connectivity index (χ0n) is 32.9. The van der Waals surface area contributed by atoms with E-state index in [0.29, 0.717) is 39.0 Å². The van der Waals surface area contributed by atoms with E-state index in [9.17, 15) is 32.4 Å². The summed E-state index contributed by atoms with van der Waals surface area (Å²) in [5.41, 5.74) is -0.719. The van der Waals surface area contributed by atoms with Crippen molar-refractivity contribution in [2.75, 3.05) is 19.8 Å². The summed E-state index contributed by atoms with van der Waals surface area (Å²) >= 11 is 0. The van der Waals surface area contributed by atoms with Crippen LogP contribution in [0.4, 0.5) is 9.59 Å². The second kappa shape index (κ2) is 15.5. The summed E-state index contributed by atoms with van der Waals surface area (Å²) in [6.07, 6.45) is 2.80. The number of carbonyl (C=O) groups excluding carboxylic acids is 5. The van der Waals surface area contributed by atoms with Crippen LogP contribution < -0.4 is 20.1 Å². The van der Waals surface area contributed by atoms with Gasteiger partial charge in [-0.15, -0.1) is 0 Å². The Labute approximate surface area is 324 Å². The van der Waals surface area contributed by atoms with E-state index in [1.54, 1.807) is 25.7 Å². The van der Waals surface area contributed by atoms with Crippen LogP contribution in [0.2, 0.25) is 0 Å². The molecule has 3 aliphatic heterocycles. The Balaban J connectivity index is 1.26. The van der Waals surface area contributed by atoms with Crippen LogP contribution in [0.15, 0.2) is 18.2 Å². The van der Waals surface area contributed by atoms with E-state index in [1.165, 1.54) is 4.90 Å². The van der Waals surface area contributed by atoms with Crippen LogP contribution in [0.25, 0.3) is 0 Å². The number of benzene rings is 1. The standard InChI is InChI=1S/C39H57N5O10S/c1-7-26-19-39(26,34(47)42-55(50,51)29-13-14-29)41-32(45)30-18-28-22-44(30)33(46)31(37(2,3)4)40-35(48)53-23-38(5,6)15-9-8-10-16-52-27-12-11-24-20-43(36(49)54-28)21-25(24)17-27/h11-12,17,26,28-31H,7-10,13-16,18-23H2,1-6H3,(H,40,48)(H,41,45)(H,42,47)/t26-,28+,30?,31+,39-/m0/s1. The summed E-state index contributed by atoms with van der Waals surface area (Å²) in [5, 5.41) is 4.94. The molecule has 304 valence electrons. The first-order valence-electron chi connectivity index (χ1n) is 19.6. The number of rotatable bonds is 6. The van der Waals surface area contributed by atoms with Crippen LogP contribution in [0.1, 0.15) is 110 Å². The van der Waals surface area contributed by atoms with Crippen molar-refractivity contribution in [3.8, 4) is 5.75 Å². The van der Waals surface area contributed by atoms with Crippen molar-refractivity contribution in [1.82, 2.24) is 25.2 Å². The molecule has 1 unspecified atom stereocenters. The lowest BCUT2D eigenvalue weighted by atomic mass is 9.85. The average Bonchev–Trinajstić information content (AvgIpc) is 4.01.